The topological polar surface area (TPSA) is 99.2 Å². The molecule has 0 atom stereocenters. The molecule has 20 heavy (non-hydrogen) atoms. The van der Waals surface area contributed by atoms with Crippen molar-refractivity contribution in [3.05, 3.63) is 0 Å². The van der Waals surface area contributed by atoms with E-state index in [1.54, 1.807) is 4.90 Å². The number of aliphatic hydroxyl groups is 1. The first-order chi connectivity index (χ1) is 9.57. The zero-order chi connectivity index (χ0) is 15.2. The third-order valence-electron chi connectivity index (χ3n) is 3.95. The minimum Gasteiger partial charge on any atom is -0.409 e. The number of oxime groups is 1. The fourth-order valence-electron chi connectivity index (χ4n) is 2.87. The molecule has 1 rings (SSSR count). The van der Waals surface area contributed by atoms with Crippen LogP contribution in [-0.2, 0) is 4.79 Å². The van der Waals surface area contributed by atoms with Gasteiger partial charge < -0.3 is 20.9 Å². The zero-order valence-electron chi connectivity index (χ0n) is 12.5. The zero-order valence-corrected chi connectivity index (χ0v) is 12.5. The monoisotopic (exact) mass is 285 g/mol. The van der Waals surface area contributed by atoms with Crippen molar-refractivity contribution in [1.29, 1.82) is 0 Å². The first kappa shape index (κ1) is 16.8. The van der Waals surface area contributed by atoms with E-state index in [0.717, 1.165) is 25.7 Å². The molecule has 0 unspecified atom stereocenters. The molecule has 1 amide bonds. The molecule has 116 valence electrons. The molecule has 6 heteroatoms. The van der Waals surface area contributed by atoms with Gasteiger partial charge in [-0.15, -0.1) is 0 Å². The Labute approximate surface area is 120 Å². The highest BCUT2D eigenvalue weighted by atomic mass is 16.4. The molecule has 0 saturated heterocycles. The fourth-order valence-corrected chi connectivity index (χ4v) is 2.87. The van der Waals surface area contributed by atoms with E-state index in [1.807, 2.05) is 13.8 Å². The number of rotatable bonds is 9. The number of carbonyl (C=O) groups excluding carboxylic acids is 1. The summed E-state index contributed by atoms with van der Waals surface area (Å²) in [6.45, 7) is 4.22. The molecule has 0 aromatic heterocycles. The Bertz CT molecular complexity index is 348. The van der Waals surface area contributed by atoms with Crippen LogP contribution >= 0.6 is 0 Å². The van der Waals surface area contributed by atoms with Crippen molar-refractivity contribution in [3.8, 4) is 0 Å². The summed E-state index contributed by atoms with van der Waals surface area (Å²) in [5, 5.41) is 21.4. The average molecular weight is 285 g/mol. The predicted octanol–water partition coefficient (Wildman–Crippen LogP) is 1.30. The molecule has 1 aliphatic rings. The van der Waals surface area contributed by atoms with Crippen LogP contribution < -0.4 is 5.73 Å². The molecule has 1 saturated carbocycles. The molecular weight excluding hydrogens is 258 g/mol. The summed E-state index contributed by atoms with van der Waals surface area (Å²) in [4.78, 5) is 14.7. The van der Waals surface area contributed by atoms with Gasteiger partial charge >= 0.3 is 0 Å². The normalized spacial score (nSPS) is 16.2. The lowest BCUT2D eigenvalue weighted by Gasteiger charge is -2.36. The molecule has 4 N–H and O–H groups in total. The molecule has 0 aromatic rings. The number of nitrogens with two attached hydrogens (primary N) is 1. The maximum Gasteiger partial charge on any atom is 0.236 e. The Morgan fingerprint density at radius 1 is 1.35 bits per heavy atom. The van der Waals surface area contributed by atoms with Crippen LogP contribution in [0.5, 0.6) is 0 Å². The molecule has 0 aliphatic heterocycles. The van der Waals surface area contributed by atoms with Gasteiger partial charge in [0.25, 0.3) is 0 Å². The summed E-state index contributed by atoms with van der Waals surface area (Å²) in [6, 6.07) is 0.203. The van der Waals surface area contributed by atoms with Gasteiger partial charge in [-0.05, 0) is 25.7 Å². The molecule has 6 nitrogen and oxygen atoms in total. The maximum atomic E-state index is 13.0. The Morgan fingerprint density at radius 3 is 2.25 bits per heavy atom. The second-order valence-corrected chi connectivity index (χ2v) is 5.52. The highest BCUT2D eigenvalue weighted by Gasteiger charge is 2.47. The van der Waals surface area contributed by atoms with Crippen LogP contribution in [0.1, 0.15) is 52.4 Å². The summed E-state index contributed by atoms with van der Waals surface area (Å²) in [5.74, 6) is -0.108. The minimum atomic E-state index is -0.935. The summed E-state index contributed by atoms with van der Waals surface area (Å²) in [5.41, 5.74) is 4.94. The number of amides is 1. The number of carbonyl (C=O) groups is 1. The maximum absolute atomic E-state index is 13.0. The molecule has 1 fully saturated rings. The van der Waals surface area contributed by atoms with Gasteiger partial charge in [0.15, 0.2) is 5.84 Å². The summed E-state index contributed by atoms with van der Waals surface area (Å²) >= 11 is 0. The van der Waals surface area contributed by atoms with Gasteiger partial charge in [0.1, 0.15) is 5.41 Å². The largest absolute Gasteiger partial charge is 0.409 e. The summed E-state index contributed by atoms with van der Waals surface area (Å²) in [6.07, 6.45) is 4.61. The lowest BCUT2D eigenvalue weighted by Crippen LogP contribution is -2.52. The van der Waals surface area contributed by atoms with Gasteiger partial charge in [-0.25, -0.2) is 0 Å². The smallest absolute Gasteiger partial charge is 0.236 e. The van der Waals surface area contributed by atoms with Crippen LogP contribution in [-0.4, -0.2) is 46.1 Å². The minimum absolute atomic E-state index is 0.00482. The third kappa shape index (κ3) is 3.42. The predicted molar refractivity (Wildman–Crippen MR) is 77.5 cm³/mol. The van der Waals surface area contributed by atoms with Gasteiger partial charge in [0.2, 0.25) is 5.91 Å². The van der Waals surface area contributed by atoms with Gasteiger partial charge in [0, 0.05) is 12.6 Å². The lowest BCUT2D eigenvalue weighted by molar-refractivity contribution is -0.140. The SMILES string of the molecule is CCCC(CCC)(C(=O)N(CCO)C1CC1)C(N)=NO. The van der Waals surface area contributed by atoms with Crippen LogP contribution in [0.4, 0.5) is 0 Å². The van der Waals surface area contributed by atoms with Gasteiger partial charge in [-0.2, -0.15) is 0 Å². The Balaban J connectivity index is 3.08. The molecular formula is C14H27N3O3. The van der Waals surface area contributed by atoms with E-state index in [1.165, 1.54) is 0 Å². The second-order valence-electron chi connectivity index (χ2n) is 5.52. The number of nitrogens with zero attached hydrogens (tertiary/aromatic N) is 2. The van der Waals surface area contributed by atoms with E-state index in [4.69, 9.17) is 10.9 Å². The molecule has 0 spiro atoms. The van der Waals surface area contributed by atoms with Crippen molar-refractivity contribution in [2.24, 2.45) is 16.3 Å². The third-order valence-corrected chi connectivity index (χ3v) is 3.95. The molecule has 1 aliphatic carbocycles. The molecule has 0 heterocycles. The number of hydrogen-bond acceptors (Lipinski definition) is 4. The van der Waals surface area contributed by atoms with E-state index in [9.17, 15) is 9.90 Å². The average Bonchev–Trinajstić information content (AvgIpc) is 3.27. The van der Waals surface area contributed by atoms with Crippen LogP contribution in [0.25, 0.3) is 0 Å². The van der Waals surface area contributed by atoms with Gasteiger partial charge in [-0.3, -0.25) is 4.79 Å². The van der Waals surface area contributed by atoms with Crippen LogP contribution in [0, 0.1) is 5.41 Å². The molecule has 0 bridgehead atoms. The van der Waals surface area contributed by atoms with Crippen molar-refractivity contribution in [3.63, 3.8) is 0 Å². The number of aliphatic hydroxyl groups excluding tert-OH is 1. The van der Waals surface area contributed by atoms with Crippen LogP contribution in [0.3, 0.4) is 0 Å². The van der Waals surface area contributed by atoms with Gasteiger partial charge in [-0.1, -0.05) is 31.8 Å². The van der Waals surface area contributed by atoms with Crippen molar-refractivity contribution in [1.82, 2.24) is 4.90 Å². The standard InChI is InChI=1S/C14H27N3O3/c1-3-7-14(8-4-2,12(15)16-20)13(19)17(9-10-18)11-5-6-11/h11,18,20H,3-10H2,1-2H3,(H2,15,16). The first-order valence-corrected chi connectivity index (χ1v) is 7.47. The van der Waals surface area contributed by atoms with Crippen molar-refractivity contribution in [2.75, 3.05) is 13.2 Å². The van der Waals surface area contributed by atoms with Crippen molar-refractivity contribution >= 4 is 11.7 Å². The Hall–Kier alpha value is -1.30. The van der Waals surface area contributed by atoms with Gasteiger partial charge in [0.05, 0.1) is 6.61 Å². The summed E-state index contributed by atoms with van der Waals surface area (Å²) < 4.78 is 0. The van der Waals surface area contributed by atoms with Crippen LogP contribution in [0.15, 0.2) is 5.16 Å². The lowest BCUT2D eigenvalue weighted by atomic mass is 9.76. The number of amidine groups is 1. The molecule has 0 radical (unpaired) electrons. The second kappa shape index (κ2) is 7.47. The van der Waals surface area contributed by atoms with E-state index in [0.29, 0.717) is 19.4 Å². The van der Waals surface area contributed by atoms with E-state index >= 15 is 0 Å². The highest BCUT2D eigenvalue weighted by molar-refractivity contribution is 6.06. The molecule has 0 aromatic carbocycles. The highest BCUT2D eigenvalue weighted by Crippen LogP contribution is 2.37. The fraction of sp³-hybridized carbons (Fsp3) is 0.857. The van der Waals surface area contributed by atoms with Crippen molar-refractivity contribution < 1.29 is 15.1 Å². The van der Waals surface area contributed by atoms with E-state index in [2.05, 4.69) is 5.16 Å². The Morgan fingerprint density at radius 2 is 1.90 bits per heavy atom. The summed E-state index contributed by atoms with van der Waals surface area (Å²) in [7, 11) is 0. The number of hydrogen-bond donors (Lipinski definition) is 3. The van der Waals surface area contributed by atoms with E-state index in [-0.39, 0.29) is 24.4 Å². The van der Waals surface area contributed by atoms with E-state index < -0.39 is 5.41 Å². The quantitative estimate of drug-likeness (QED) is 0.257. The Kier molecular flexibility index (Phi) is 6.26. The van der Waals surface area contributed by atoms with Crippen LogP contribution in [0.2, 0.25) is 0 Å². The first-order valence-electron chi connectivity index (χ1n) is 7.47. The van der Waals surface area contributed by atoms with Crippen molar-refractivity contribution in [2.45, 2.75) is 58.4 Å².